The minimum absolute atomic E-state index is 0.191. The van der Waals surface area contributed by atoms with Gasteiger partial charge in [0.2, 0.25) is 0 Å². The minimum atomic E-state index is -0.191. The topological polar surface area (TPSA) is 12.5 Å². The van der Waals surface area contributed by atoms with E-state index in [-0.39, 0.29) is 5.41 Å². The van der Waals surface area contributed by atoms with Gasteiger partial charge in [-0.25, -0.2) is 0 Å². The van der Waals surface area contributed by atoms with E-state index in [2.05, 4.69) is 255 Å². The van der Waals surface area contributed by atoms with Gasteiger partial charge in [0.05, 0.1) is 0 Å². The molecule has 3 heteroatoms. The summed E-state index contributed by atoms with van der Waals surface area (Å²) in [6.45, 7) is 4.74. The van der Waals surface area contributed by atoms with Crippen molar-refractivity contribution in [2.75, 3.05) is 4.90 Å². The lowest BCUT2D eigenvalue weighted by atomic mass is 9.82. The van der Waals surface area contributed by atoms with Crippen LogP contribution in [0.25, 0.3) is 107 Å². The molecule has 0 saturated carbocycles. The number of anilines is 3. The Morgan fingerprint density at radius 3 is 1.46 bits per heavy atom. The molecule has 1 aliphatic carbocycles. The number of rotatable bonds is 3. The molecule has 2 heterocycles. The maximum absolute atomic E-state index is 6.84. The molecule has 2 aliphatic rings. The van der Waals surface area contributed by atoms with Crippen LogP contribution < -0.4 is 9.64 Å². The molecular weight excluding hydrogens is 891 g/mol. The van der Waals surface area contributed by atoms with E-state index in [9.17, 15) is 0 Å². The first-order valence-corrected chi connectivity index (χ1v) is 25.7. The number of nitrogens with zero attached hydrogens (tertiary/aromatic N) is 1. The van der Waals surface area contributed by atoms with Crippen LogP contribution in [-0.2, 0) is 5.41 Å². The first-order chi connectivity index (χ1) is 35.5. The molecule has 0 saturated heterocycles. The van der Waals surface area contributed by atoms with Crippen LogP contribution in [-0.4, -0.2) is 0 Å². The number of thiophene rings is 1. The number of hydrogen-bond acceptors (Lipinski definition) is 3. The molecule has 0 amide bonds. The van der Waals surface area contributed by atoms with E-state index in [1.807, 2.05) is 11.3 Å². The maximum atomic E-state index is 6.84. The summed E-state index contributed by atoms with van der Waals surface area (Å²) in [5, 5.41) is 14.7. The molecule has 2 nitrogen and oxygen atoms in total. The fourth-order valence-corrected chi connectivity index (χ4v) is 13.4. The molecule has 0 unspecified atom stereocenters. The van der Waals surface area contributed by atoms with Gasteiger partial charge >= 0.3 is 0 Å². The van der Waals surface area contributed by atoms with Gasteiger partial charge in [0.15, 0.2) is 0 Å². The van der Waals surface area contributed by atoms with Crippen LogP contribution in [0.2, 0.25) is 0 Å². The Labute approximate surface area is 421 Å². The maximum Gasteiger partial charge on any atom is 0.135 e. The monoisotopic (exact) mass is 935 g/mol. The Morgan fingerprint density at radius 1 is 0.292 bits per heavy atom. The van der Waals surface area contributed by atoms with E-state index >= 15 is 0 Å². The highest BCUT2D eigenvalue weighted by Crippen LogP contribution is 2.53. The second-order valence-corrected chi connectivity index (χ2v) is 21.0. The lowest BCUT2D eigenvalue weighted by Crippen LogP contribution is -2.16. The van der Waals surface area contributed by atoms with E-state index in [0.29, 0.717) is 0 Å². The predicted octanol–water partition coefficient (Wildman–Crippen LogP) is 20.2. The van der Waals surface area contributed by atoms with E-state index in [0.717, 1.165) is 50.8 Å². The molecular formula is C69H45NOS. The highest BCUT2D eigenvalue weighted by Gasteiger charge is 2.36. The Bertz CT molecular complexity index is 4540. The smallest absolute Gasteiger partial charge is 0.135 e. The van der Waals surface area contributed by atoms with Gasteiger partial charge in [-0.2, -0.15) is 0 Å². The minimum Gasteiger partial charge on any atom is -0.456 e. The third kappa shape index (κ3) is 6.08. The lowest BCUT2D eigenvalue weighted by Gasteiger charge is -2.29. The van der Waals surface area contributed by atoms with Crippen molar-refractivity contribution >= 4 is 102 Å². The van der Waals surface area contributed by atoms with Gasteiger partial charge in [-0.05, 0) is 154 Å². The van der Waals surface area contributed by atoms with Crippen LogP contribution in [0.1, 0.15) is 25.0 Å². The van der Waals surface area contributed by atoms with Gasteiger partial charge in [0, 0.05) is 53.8 Å². The molecule has 0 N–H and O–H groups in total. The van der Waals surface area contributed by atoms with E-state index in [1.54, 1.807) is 0 Å². The molecule has 12 aromatic carbocycles. The molecule has 1 aliphatic heterocycles. The number of ether oxygens (including phenoxy) is 1. The molecule has 72 heavy (non-hydrogen) atoms. The Balaban J connectivity index is 1.09. The van der Waals surface area contributed by atoms with Crippen molar-refractivity contribution in [2.24, 2.45) is 0 Å². The average molecular weight is 936 g/mol. The summed E-state index contributed by atoms with van der Waals surface area (Å²) in [6, 6.07) is 87.9. The summed E-state index contributed by atoms with van der Waals surface area (Å²) in [4.78, 5) is 2.48. The van der Waals surface area contributed by atoms with Crippen LogP contribution in [0, 0.1) is 0 Å². The number of para-hydroxylation sites is 1. The van der Waals surface area contributed by atoms with E-state index in [4.69, 9.17) is 4.74 Å². The molecule has 13 aromatic rings. The zero-order valence-electron chi connectivity index (χ0n) is 39.8. The summed E-state index contributed by atoms with van der Waals surface area (Å²) in [6.07, 6.45) is 0. The van der Waals surface area contributed by atoms with Crippen molar-refractivity contribution in [2.45, 2.75) is 19.3 Å². The summed E-state index contributed by atoms with van der Waals surface area (Å²) in [7, 11) is 0. The number of benzene rings is 11. The van der Waals surface area contributed by atoms with Crippen molar-refractivity contribution in [3.05, 3.63) is 248 Å². The van der Waals surface area contributed by atoms with Crippen LogP contribution in [0.3, 0.4) is 0 Å². The van der Waals surface area contributed by atoms with E-state index < -0.39 is 0 Å². The van der Waals surface area contributed by atoms with Crippen LogP contribution >= 0.6 is 11.3 Å². The fraction of sp³-hybridized carbons (Fsp3) is 0.0435. The zero-order chi connectivity index (χ0) is 47.7. The van der Waals surface area contributed by atoms with Gasteiger partial charge in [-0.3, -0.25) is 0 Å². The van der Waals surface area contributed by atoms with Crippen molar-refractivity contribution < 1.29 is 4.74 Å². The third-order valence-electron chi connectivity index (χ3n) is 15.7. The molecule has 1 aromatic heterocycles. The quantitative estimate of drug-likeness (QED) is 0.175. The Hall–Kier alpha value is -8.76. The van der Waals surface area contributed by atoms with Crippen LogP contribution in [0.4, 0.5) is 17.1 Å². The molecule has 0 radical (unpaired) electrons. The van der Waals surface area contributed by atoms with Crippen molar-refractivity contribution in [1.29, 1.82) is 0 Å². The van der Waals surface area contributed by atoms with Crippen molar-refractivity contribution in [3.63, 3.8) is 0 Å². The highest BCUT2D eigenvalue weighted by molar-refractivity contribution is 7.25. The lowest BCUT2D eigenvalue weighted by molar-refractivity contribution is 0.488. The van der Waals surface area contributed by atoms with Gasteiger partial charge in [-0.15, -0.1) is 11.3 Å². The predicted molar refractivity (Wildman–Crippen MR) is 308 cm³/mol. The van der Waals surface area contributed by atoms with Crippen molar-refractivity contribution in [3.8, 4) is 44.9 Å². The molecule has 0 spiro atoms. The first-order valence-electron chi connectivity index (χ1n) is 24.9. The summed E-state index contributed by atoms with van der Waals surface area (Å²) >= 11 is 1.88. The molecule has 15 rings (SSSR count). The van der Waals surface area contributed by atoms with Gasteiger partial charge in [0.1, 0.15) is 11.5 Å². The molecule has 0 atom stereocenters. The average Bonchev–Trinajstić information content (AvgIpc) is 3.86. The molecule has 338 valence electrons. The molecule has 0 bridgehead atoms. The van der Waals surface area contributed by atoms with Gasteiger partial charge in [0.25, 0.3) is 0 Å². The second kappa shape index (κ2) is 15.6. The van der Waals surface area contributed by atoms with Crippen molar-refractivity contribution in [1.82, 2.24) is 0 Å². The zero-order valence-corrected chi connectivity index (χ0v) is 40.6. The Kier molecular flexibility index (Phi) is 8.91. The summed E-state index contributed by atoms with van der Waals surface area (Å²) in [5.41, 5.74) is 12.8. The SMILES string of the molecule is CC1(C)c2ccccc2-c2ccc(N(c3ccc4c(c3)-c3ccccc3-c3ccccc3O4)c3ccc4c5ccccc5c5ccccc5c5ccccc5c5cc6sc7ccccc7c6cc5c4c3)cc21. The summed E-state index contributed by atoms with van der Waals surface area (Å²) < 4.78 is 9.42. The standard InChI is InChI=1S/C69H45NOS/c1-69(2)63-28-14-11-25-54(63)55-35-32-44(39-64(55)69)70(43-33-36-66-61(38-43)52-24-10-8-22-50(52)56-26-12-15-29-65(56)71-66)42-31-34-53-49-21-6-5-19-47(49)45-17-3-4-18-46(45)48-20-7-9-23-51(48)60-41-68-62(40-59(60)58(53)37-42)57-27-13-16-30-67(57)72-68/h3-41H,1-2H3. The van der Waals surface area contributed by atoms with Gasteiger partial charge < -0.3 is 9.64 Å². The number of hydrogen-bond donors (Lipinski definition) is 0. The number of fused-ring (bicyclic) bond motifs is 21. The Morgan fingerprint density at radius 2 is 0.750 bits per heavy atom. The normalized spacial score (nSPS) is 13.1. The highest BCUT2D eigenvalue weighted by atomic mass is 32.1. The molecule has 0 fully saturated rings. The van der Waals surface area contributed by atoms with Crippen LogP contribution in [0.15, 0.2) is 237 Å². The summed E-state index contributed by atoms with van der Waals surface area (Å²) in [5.74, 6) is 1.70. The fourth-order valence-electron chi connectivity index (χ4n) is 12.3. The third-order valence-corrected chi connectivity index (χ3v) is 16.8. The first kappa shape index (κ1) is 41.1. The van der Waals surface area contributed by atoms with Crippen LogP contribution in [0.5, 0.6) is 11.5 Å². The van der Waals surface area contributed by atoms with Gasteiger partial charge in [-0.1, -0.05) is 184 Å². The second-order valence-electron chi connectivity index (χ2n) is 19.9. The largest absolute Gasteiger partial charge is 0.456 e. The van der Waals surface area contributed by atoms with E-state index in [1.165, 1.54) is 96.3 Å².